The first-order valence-corrected chi connectivity index (χ1v) is 7.88. The molecule has 24 heavy (non-hydrogen) atoms. The van der Waals surface area contributed by atoms with Crippen LogP contribution >= 0.6 is 22.9 Å². The molecule has 0 fully saturated rings. The van der Waals surface area contributed by atoms with Crippen LogP contribution in [0, 0.1) is 6.92 Å². The number of nitrogens with zero attached hydrogens (tertiary/aromatic N) is 3. The van der Waals surface area contributed by atoms with Crippen molar-refractivity contribution in [3.8, 4) is 21.1 Å². The average Bonchev–Trinajstić information content (AvgIpc) is 2.91. The molecule has 2 N–H and O–H groups in total. The molecule has 124 valence electrons. The number of hydrogen-bond donors (Lipinski definition) is 1. The highest BCUT2D eigenvalue weighted by molar-refractivity contribution is 7.18. The fourth-order valence-corrected chi connectivity index (χ4v) is 3.42. The second-order valence-electron chi connectivity index (χ2n) is 4.94. The molecule has 0 spiro atoms. The molecule has 0 unspecified atom stereocenters. The number of aryl methyl sites for hydroxylation is 1. The number of halogens is 4. The summed E-state index contributed by atoms with van der Waals surface area (Å²) >= 11 is 7.29. The van der Waals surface area contributed by atoms with Gasteiger partial charge >= 0.3 is 6.18 Å². The normalized spacial score (nSPS) is 11.7. The van der Waals surface area contributed by atoms with Crippen LogP contribution < -0.4 is 5.73 Å². The Labute approximate surface area is 144 Å². The second kappa shape index (κ2) is 6.03. The van der Waals surface area contributed by atoms with Gasteiger partial charge in [0.05, 0.1) is 27.4 Å². The highest BCUT2D eigenvalue weighted by Crippen LogP contribution is 2.39. The third-order valence-electron chi connectivity index (χ3n) is 3.21. The molecule has 0 saturated carbocycles. The van der Waals surface area contributed by atoms with Crippen LogP contribution in [0.15, 0.2) is 30.5 Å². The van der Waals surface area contributed by atoms with E-state index in [0.29, 0.717) is 31.9 Å². The van der Waals surface area contributed by atoms with Crippen LogP contribution in [0.1, 0.15) is 11.3 Å². The number of thiazole rings is 1. The molecule has 3 rings (SSSR count). The van der Waals surface area contributed by atoms with Gasteiger partial charge in [-0.1, -0.05) is 23.7 Å². The van der Waals surface area contributed by atoms with E-state index in [-0.39, 0.29) is 5.95 Å². The molecule has 9 heteroatoms. The summed E-state index contributed by atoms with van der Waals surface area (Å²) in [6.07, 6.45) is -3.03. The SMILES string of the molecule is Cc1nc(-c2cccc(C(F)(F)F)c2)sc1-c1nc(N)ncc1Cl. The Kier molecular flexibility index (Phi) is 4.18. The smallest absolute Gasteiger partial charge is 0.368 e. The Morgan fingerprint density at radius 1 is 1.21 bits per heavy atom. The predicted molar refractivity (Wildman–Crippen MR) is 87.7 cm³/mol. The Bertz CT molecular complexity index is 908. The van der Waals surface area contributed by atoms with Crippen molar-refractivity contribution in [2.75, 3.05) is 5.73 Å². The number of nitrogens with two attached hydrogens (primary N) is 1. The fourth-order valence-electron chi connectivity index (χ4n) is 2.11. The van der Waals surface area contributed by atoms with Gasteiger partial charge in [-0.05, 0) is 19.1 Å². The number of aromatic nitrogens is 3. The van der Waals surface area contributed by atoms with Crippen LogP contribution in [-0.2, 0) is 6.18 Å². The number of alkyl halides is 3. The van der Waals surface area contributed by atoms with Crippen LogP contribution in [0.4, 0.5) is 19.1 Å². The van der Waals surface area contributed by atoms with Gasteiger partial charge in [-0.3, -0.25) is 0 Å². The topological polar surface area (TPSA) is 64.7 Å². The quantitative estimate of drug-likeness (QED) is 0.701. The van der Waals surface area contributed by atoms with Gasteiger partial charge in [0.15, 0.2) is 0 Å². The molecule has 0 aliphatic rings. The minimum Gasteiger partial charge on any atom is -0.368 e. The number of rotatable bonds is 2. The minimum absolute atomic E-state index is 0.0582. The van der Waals surface area contributed by atoms with Crippen molar-refractivity contribution in [1.29, 1.82) is 0 Å². The van der Waals surface area contributed by atoms with E-state index in [4.69, 9.17) is 17.3 Å². The molecule has 0 aliphatic heterocycles. The minimum atomic E-state index is -4.41. The van der Waals surface area contributed by atoms with E-state index in [1.54, 1.807) is 13.0 Å². The molecule has 0 atom stereocenters. The average molecular weight is 371 g/mol. The molecule has 0 amide bonds. The Hall–Kier alpha value is -2.19. The van der Waals surface area contributed by atoms with Crippen molar-refractivity contribution in [2.45, 2.75) is 13.1 Å². The monoisotopic (exact) mass is 370 g/mol. The largest absolute Gasteiger partial charge is 0.416 e. The molecule has 3 aromatic rings. The maximum Gasteiger partial charge on any atom is 0.416 e. The Morgan fingerprint density at radius 2 is 1.96 bits per heavy atom. The molecule has 0 radical (unpaired) electrons. The summed E-state index contributed by atoms with van der Waals surface area (Å²) in [4.78, 5) is 12.9. The van der Waals surface area contributed by atoms with Crippen LogP contribution in [0.2, 0.25) is 5.02 Å². The van der Waals surface area contributed by atoms with Crippen LogP contribution in [0.5, 0.6) is 0 Å². The highest BCUT2D eigenvalue weighted by Gasteiger charge is 2.30. The van der Waals surface area contributed by atoms with Crippen LogP contribution in [0.25, 0.3) is 21.1 Å². The van der Waals surface area contributed by atoms with E-state index in [1.807, 2.05) is 0 Å². The van der Waals surface area contributed by atoms with Crippen molar-refractivity contribution in [3.05, 3.63) is 46.7 Å². The first-order chi connectivity index (χ1) is 11.3. The summed E-state index contributed by atoms with van der Waals surface area (Å²) in [6.45, 7) is 1.73. The lowest BCUT2D eigenvalue weighted by Gasteiger charge is -2.07. The molecule has 4 nitrogen and oxygen atoms in total. The zero-order chi connectivity index (χ0) is 17.5. The molecule has 0 bridgehead atoms. The van der Waals surface area contributed by atoms with Gasteiger partial charge in [-0.25, -0.2) is 15.0 Å². The molecule has 0 saturated heterocycles. The van der Waals surface area contributed by atoms with Crippen molar-refractivity contribution in [1.82, 2.24) is 15.0 Å². The van der Waals surface area contributed by atoms with E-state index < -0.39 is 11.7 Å². The van der Waals surface area contributed by atoms with Crippen molar-refractivity contribution in [3.63, 3.8) is 0 Å². The molecule has 2 heterocycles. The van der Waals surface area contributed by atoms with E-state index >= 15 is 0 Å². The summed E-state index contributed by atoms with van der Waals surface area (Å²) in [5.74, 6) is 0.0582. The first kappa shape index (κ1) is 16.7. The molecular weight excluding hydrogens is 361 g/mol. The van der Waals surface area contributed by atoms with Gasteiger partial charge < -0.3 is 5.73 Å². The lowest BCUT2D eigenvalue weighted by molar-refractivity contribution is -0.137. The zero-order valence-corrected chi connectivity index (χ0v) is 13.8. The number of anilines is 1. The van der Waals surface area contributed by atoms with Gasteiger partial charge in [0, 0.05) is 5.56 Å². The molecule has 1 aromatic carbocycles. The van der Waals surface area contributed by atoms with Crippen LogP contribution in [-0.4, -0.2) is 15.0 Å². The van der Waals surface area contributed by atoms with E-state index in [1.165, 1.54) is 23.6 Å². The lowest BCUT2D eigenvalue weighted by atomic mass is 10.1. The van der Waals surface area contributed by atoms with Gasteiger partial charge in [0.2, 0.25) is 5.95 Å². The number of nitrogen functional groups attached to an aromatic ring is 1. The number of benzene rings is 1. The summed E-state index contributed by atoms with van der Waals surface area (Å²) in [5, 5.41) is 0.744. The van der Waals surface area contributed by atoms with E-state index in [0.717, 1.165) is 12.1 Å². The molecule has 2 aromatic heterocycles. The van der Waals surface area contributed by atoms with E-state index in [2.05, 4.69) is 15.0 Å². The zero-order valence-electron chi connectivity index (χ0n) is 12.2. The van der Waals surface area contributed by atoms with Gasteiger partial charge in [-0.2, -0.15) is 13.2 Å². The predicted octanol–water partition coefficient (Wildman–Crippen LogP) is 4.83. The molecule has 0 aliphatic carbocycles. The second-order valence-corrected chi connectivity index (χ2v) is 6.34. The third kappa shape index (κ3) is 3.20. The van der Waals surface area contributed by atoms with Crippen molar-refractivity contribution < 1.29 is 13.2 Å². The maximum atomic E-state index is 12.9. The van der Waals surface area contributed by atoms with Gasteiger partial charge in [0.1, 0.15) is 10.7 Å². The summed E-state index contributed by atoms with van der Waals surface area (Å²) in [7, 11) is 0. The van der Waals surface area contributed by atoms with Gasteiger partial charge in [-0.15, -0.1) is 11.3 Å². The summed E-state index contributed by atoms with van der Waals surface area (Å²) in [5.41, 5.74) is 6.25. The van der Waals surface area contributed by atoms with Crippen molar-refractivity contribution in [2.24, 2.45) is 0 Å². The third-order valence-corrected chi connectivity index (χ3v) is 4.70. The van der Waals surface area contributed by atoms with Gasteiger partial charge in [0.25, 0.3) is 0 Å². The van der Waals surface area contributed by atoms with E-state index in [9.17, 15) is 13.2 Å². The number of hydrogen-bond acceptors (Lipinski definition) is 5. The van der Waals surface area contributed by atoms with Crippen molar-refractivity contribution >= 4 is 28.9 Å². The van der Waals surface area contributed by atoms with Crippen LogP contribution in [0.3, 0.4) is 0 Å². The maximum absolute atomic E-state index is 12.9. The molecular formula is C15H10ClF3N4S. The summed E-state index contributed by atoms with van der Waals surface area (Å²) in [6, 6.07) is 5.02. The summed E-state index contributed by atoms with van der Waals surface area (Å²) < 4.78 is 38.6. The standard InChI is InChI=1S/C15H10ClF3N4S/c1-7-12(11-10(16)6-21-14(20)23-11)24-13(22-7)8-3-2-4-9(5-8)15(17,18)19/h2-6H,1H3,(H2,20,21,23). The Balaban J connectivity index is 2.08. The highest BCUT2D eigenvalue weighted by atomic mass is 35.5. The fraction of sp³-hybridized carbons (Fsp3) is 0.133. The Morgan fingerprint density at radius 3 is 2.67 bits per heavy atom. The lowest BCUT2D eigenvalue weighted by Crippen LogP contribution is -2.04. The first-order valence-electron chi connectivity index (χ1n) is 6.69.